The number of anilines is 1. The van der Waals surface area contributed by atoms with E-state index >= 15 is 0 Å². The Balaban J connectivity index is 1.29. The van der Waals surface area contributed by atoms with Crippen LogP contribution in [0.4, 0.5) is 18.9 Å². The molecule has 2 aromatic carbocycles. The summed E-state index contributed by atoms with van der Waals surface area (Å²) in [5.74, 6) is 6.26. The van der Waals surface area contributed by atoms with E-state index < -0.39 is 17.6 Å². The highest BCUT2D eigenvalue weighted by Gasteiger charge is 2.34. The van der Waals surface area contributed by atoms with Gasteiger partial charge in [-0.05, 0) is 92.6 Å². The molecule has 3 aromatic rings. The molecular weight excluding hydrogens is 515 g/mol. The Labute approximate surface area is 232 Å². The van der Waals surface area contributed by atoms with E-state index in [-0.39, 0.29) is 17.8 Å². The molecule has 1 aliphatic carbocycles. The van der Waals surface area contributed by atoms with Crippen molar-refractivity contribution in [1.82, 2.24) is 20.0 Å². The van der Waals surface area contributed by atoms with Crippen molar-refractivity contribution in [3.8, 4) is 11.8 Å². The van der Waals surface area contributed by atoms with Crippen molar-refractivity contribution < 1.29 is 18.0 Å². The smallest absolute Gasteiger partial charge is 0.322 e. The summed E-state index contributed by atoms with van der Waals surface area (Å²) in [5, 5.41) is 11.1. The normalized spacial score (nSPS) is 16.3. The molecule has 2 heterocycles. The molecule has 1 aliphatic heterocycles. The maximum absolute atomic E-state index is 13.9. The predicted octanol–water partition coefficient (Wildman–Crippen LogP) is 5.16. The molecule has 1 saturated heterocycles. The van der Waals surface area contributed by atoms with Crippen LogP contribution in [-0.2, 0) is 19.1 Å². The van der Waals surface area contributed by atoms with Gasteiger partial charge in [-0.25, -0.2) is 0 Å². The number of likely N-dealkylation sites (N-methyl/N-ethyl adjacent to an activating group) is 1. The van der Waals surface area contributed by atoms with E-state index in [0.29, 0.717) is 29.9 Å². The lowest BCUT2D eigenvalue weighted by atomic mass is 10.0. The van der Waals surface area contributed by atoms with Crippen LogP contribution in [0.3, 0.4) is 0 Å². The van der Waals surface area contributed by atoms with Gasteiger partial charge in [-0.2, -0.15) is 18.3 Å². The summed E-state index contributed by atoms with van der Waals surface area (Å²) in [6.07, 6.45) is -1.09. The molecule has 1 N–H and O–H groups in total. The third kappa shape index (κ3) is 7.26. The number of aryl methyl sites for hydroxylation is 1. The van der Waals surface area contributed by atoms with Gasteiger partial charge in [0.1, 0.15) is 5.69 Å². The zero-order valence-corrected chi connectivity index (χ0v) is 22.7. The number of alkyl halides is 3. The standard InChI is InChI=1S/C31H32F3N5O/c1-21-3-6-24(18-23(21)7-9-26-11-12-28(37-36-26)17-22-4-5-22)30(40)35-27-10-8-25(29(19-27)31(32,33)34)20-39-15-13-38(2)14-16-39/h3,6,8,10-12,18-19,22H,4-5,13-17,20H2,1-2H3,(H,35,40). The molecule has 0 unspecified atom stereocenters. The number of piperazine rings is 1. The summed E-state index contributed by atoms with van der Waals surface area (Å²) in [4.78, 5) is 17.2. The molecule has 1 aromatic heterocycles. The highest BCUT2D eigenvalue weighted by molar-refractivity contribution is 6.04. The molecule has 1 amide bonds. The monoisotopic (exact) mass is 547 g/mol. The van der Waals surface area contributed by atoms with Gasteiger partial charge < -0.3 is 10.2 Å². The highest BCUT2D eigenvalue weighted by atomic mass is 19.4. The van der Waals surface area contributed by atoms with Gasteiger partial charge in [0.2, 0.25) is 0 Å². The first-order chi connectivity index (χ1) is 19.1. The summed E-state index contributed by atoms with van der Waals surface area (Å²) >= 11 is 0. The van der Waals surface area contributed by atoms with E-state index in [0.717, 1.165) is 42.8 Å². The number of nitrogens with one attached hydrogen (secondary N) is 1. The van der Waals surface area contributed by atoms with Gasteiger partial charge in [0.15, 0.2) is 0 Å². The molecular formula is C31H32F3N5O. The fourth-order valence-corrected chi connectivity index (χ4v) is 4.69. The summed E-state index contributed by atoms with van der Waals surface area (Å²) in [6.45, 7) is 5.15. The van der Waals surface area contributed by atoms with Gasteiger partial charge in [-0.15, -0.1) is 5.10 Å². The minimum atomic E-state index is -4.53. The number of nitrogens with zero attached hydrogens (tertiary/aromatic N) is 4. The second-order valence-corrected chi connectivity index (χ2v) is 10.7. The SMILES string of the molecule is Cc1ccc(C(=O)Nc2ccc(CN3CCN(C)CC3)c(C(F)(F)F)c2)cc1C#Cc1ccc(CC2CC2)nn1. The first kappa shape index (κ1) is 27.8. The van der Waals surface area contributed by atoms with Crippen LogP contribution in [0.1, 0.15) is 56.8 Å². The van der Waals surface area contributed by atoms with Crippen molar-refractivity contribution in [2.75, 3.05) is 38.5 Å². The minimum absolute atomic E-state index is 0.0919. The third-order valence-corrected chi connectivity index (χ3v) is 7.40. The van der Waals surface area contributed by atoms with E-state index in [4.69, 9.17) is 0 Å². The van der Waals surface area contributed by atoms with E-state index in [2.05, 4.69) is 32.3 Å². The van der Waals surface area contributed by atoms with Crippen LogP contribution in [0.25, 0.3) is 0 Å². The largest absolute Gasteiger partial charge is 0.416 e. The second kappa shape index (κ2) is 11.8. The molecule has 208 valence electrons. The van der Waals surface area contributed by atoms with Gasteiger partial charge in [-0.1, -0.05) is 18.1 Å². The fourth-order valence-electron chi connectivity index (χ4n) is 4.69. The molecule has 6 nitrogen and oxygen atoms in total. The fraction of sp³-hybridized carbons (Fsp3) is 0.387. The van der Waals surface area contributed by atoms with E-state index in [1.165, 1.54) is 25.0 Å². The highest BCUT2D eigenvalue weighted by Crippen LogP contribution is 2.35. The van der Waals surface area contributed by atoms with Crippen LogP contribution < -0.4 is 5.32 Å². The first-order valence-corrected chi connectivity index (χ1v) is 13.5. The third-order valence-electron chi connectivity index (χ3n) is 7.40. The number of benzene rings is 2. The van der Waals surface area contributed by atoms with Gasteiger partial charge in [0, 0.05) is 49.5 Å². The molecule has 0 atom stereocenters. The van der Waals surface area contributed by atoms with Crippen molar-refractivity contribution in [3.63, 3.8) is 0 Å². The van der Waals surface area contributed by atoms with E-state index in [1.807, 2.05) is 31.0 Å². The average molecular weight is 548 g/mol. The lowest BCUT2D eigenvalue weighted by Gasteiger charge is -2.33. The molecule has 9 heteroatoms. The van der Waals surface area contributed by atoms with Crippen LogP contribution in [0.5, 0.6) is 0 Å². The topological polar surface area (TPSA) is 61.4 Å². The maximum Gasteiger partial charge on any atom is 0.416 e. The van der Waals surface area contributed by atoms with Crippen molar-refractivity contribution in [2.45, 2.75) is 38.9 Å². The van der Waals surface area contributed by atoms with Crippen molar-refractivity contribution in [2.24, 2.45) is 5.92 Å². The average Bonchev–Trinajstić information content (AvgIpc) is 3.74. The molecule has 0 bridgehead atoms. The maximum atomic E-state index is 13.9. The van der Waals surface area contributed by atoms with Gasteiger partial charge in [-0.3, -0.25) is 9.69 Å². The Bertz CT molecular complexity index is 1430. The summed E-state index contributed by atoms with van der Waals surface area (Å²) in [6, 6.07) is 12.8. The molecule has 0 radical (unpaired) electrons. The Morgan fingerprint density at radius 2 is 1.77 bits per heavy atom. The van der Waals surface area contributed by atoms with E-state index in [9.17, 15) is 18.0 Å². The Morgan fingerprint density at radius 1 is 1.00 bits per heavy atom. The quantitative estimate of drug-likeness (QED) is 0.433. The number of rotatable bonds is 6. The van der Waals surface area contributed by atoms with Gasteiger partial charge in [0.25, 0.3) is 5.91 Å². The van der Waals surface area contributed by atoms with Crippen LogP contribution in [0, 0.1) is 24.7 Å². The van der Waals surface area contributed by atoms with Gasteiger partial charge in [0.05, 0.1) is 11.3 Å². The Morgan fingerprint density at radius 3 is 2.45 bits per heavy atom. The number of carbonyl (C=O) groups excluding carboxylic acids is 1. The Hall–Kier alpha value is -3.74. The number of carbonyl (C=O) groups is 1. The molecule has 2 aliphatic rings. The second-order valence-electron chi connectivity index (χ2n) is 10.7. The molecule has 1 saturated carbocycles. The predicted molar refractivity (Wildman–Crippen MR) is 148 cm³/mol. The van der Waals surface area contributed by atoms with Crippen LogP contribution in [0.2, 0.25) is 0 Å². The minimum Gasteiger partial charge on any atom is -0.322 e. The van der Waals surface area contributed by atoms with Crippen LogP contribution >= 0.6 is 0 Å². The summed E-state index contributed by atoms with van der Waals surface area (Å²) in [7, 11) is 2.00. The molecule has 2 fully saturated rings. The zero-order chi connectivity index (χ0) is 28.3. The number of aromatic nitrogens is 2. The van der Waals surface area contributed by atoms with Gasteiger partial charge >= 0.3 is 6.18 Å². The van der Waals surface area contributed by atoms with Crippen molar-refractivity contribution in [3.05, 3.63) is 87.7 Å². The number of halogens is 3. The number of hydrogen-bond donors (Lipinski definition) is 1. The van der Waals surface area contributed by atoms with Crippen LogP contribution in [0.15, 0.2) is 48.5 Å². The van der Waals surface area contributed by atoms with Crippen LogP contribution in [-0.4, -0.2) is 59.1 Å². The molecule has 5 rings (SSSR count). The molecule has 0 spiro atoms. The number of amides is 1. The Kier molecular flexibility index (Phi) is 8.19. The lowest BCUT2D eigenvalue weighted by molar-refractivity contribution is -0.138. The summed E-state index contributed by atoms with van der Waals surface area (Å²) in [5.41, 5.74) is 2.86. The number of hydrogen-bond acceptors (Lipinski definition) is 5. The lowest BCUT2D eigenvalue weighted by Crippen LogP contribution is -2.44. The zero-order valence-electron chi connectivity index (χ0n) is 22.7. The van der Waals surface area contributed by atoms with Crippen molar-refractivity contribution in [1.29, 1.82) is 0 Å². The molecule has 40 heavy (non-hydrogen) atoms. The first-order valence-electron chi connectivity index (χ1n) is 13.5. The van der Waals surface area contributed by atoms with Crippen molar-refractivity contribution >= 4 is 11.6 Å². The summed E-state index contributed by atoms with van der Waals surface area (Å²) < 4.78 is 41.8. The van der Waals surface area contributed by atoms with E-state index in [1.54, 1.807) is 18.2 Å².